The standard InChI is InChI=1S/C17H21NO2S/c1-12(2)16(17(19)20-3)18-10-15-9-14(11-21-15)13-7-5-4-6-8-13/h4-9,11-12,16,18H,10H2,1-3H3/t16-/m0/s1. The summed E-state index contributed by atoms with van der Waals surface area (Å²) in [6, 6.07) is 12.2. The summed E-state index contributed by atoms with van der Waals surface area (Å²) in [7, 11) is 1.43. The zero-order valence-corrected chi connectivity index (χ0v) is 13.4. The first-order chi connectivity index (χ1) is 10.1. The predicted molar refractivity (Wildman–Crippen MR) is 87.2 cm³/mol. The van der Waals surface area contributed by atoms with Crippen LogP contribution in [0.2, 0.25) is 0 Å². The lowest BCUT2D eigenvalue weighted by molar-refractivity contribution is -0.144. The number of carbonyl (C=O) groups excluding carboxylic acids is 1. The SMILES string of the molecule is COC(=O)[C@@H](NCc1cc(-c2ccccc2)cs1)C(C)C. The number of thiophene rings is 1. The van der Waals surface area contributed by atoms with Crippen LogP contribution >= 0.6 is 11.3 Å². The summed E-state index contributed by atoms with van der Waals surface area (Å²) in [5, 5.41) is 5.43. The Kier molecular flexibility index (Phi) is 5.53. The van der Waals surface area contributed by atoms with Crippen LogP contribution in [-0.2, 0) is 16.1 Å². The third-order valence-electron chi connectivity index (χ3n) is 3.38. The highest BCUT2D eigenvalue weighted by atomic mass is 32.1. The minimum atomic E-state index is -0.266. The number of benzene rings is 1. The Labute approximate surface area is 130 Å². The molecule has 0 radical (unpaired) electrons. The summed E-state index contributed by atoms with van der Waals surface area (Å²) >= 11 is 1.70. The van der Waals surface area contributed by atoms with E-state index in [0.717, 1.165) is 0 Å². The fourth-order valence-corrected chi connectivity index (χ4v) is 3.03. The van der Waals surface area contributed by atoms with Gasteiger partial charge in [0.15, 0.2) is 0 Å². The molecule has 0 aliphatic heterocycles. The highest BCUT2D eigenvalue weighted by Crippen LogP contribution is 2.25. The van der Waals surface area contributed by atoms with Gasteiger partial charge in [0.05, 0.1) is 7.11 Å². The molecule has 0 saturated carbocycles. The van der Waals surface area contributed by atoms with E-state index in [0.29, 0.717) is 6.54 Å². The maximum atomic E-state index is 11.7. The van der Waals surface area contributed by atoms with Crippen LogP contribution in [0.3, 0.4) is 0 Å². The molecule has 0 bridgehead atoms. The van der Waals surface area contributed by atoms with E-state index < -0.39 is 0 Å². The molecule has 1 aromatic heterocycles. The van der Waals surface area contributed by atoms with Gasteiger partial charge in [-0.3, -0.25) is 10.1 Å². The minimum Gasteiger partial charge on any atom is -0.468 e. The molecule has 1 atom stereocenters. The van der Waals surface area contributed by atoms with Crippen molar-refractivity contribution in [3.05, 3.63) is 46.7 Å². The number of hydrogen-bond acceptors (Lipinski definition) is 4. The van der Waals surface area contributed by atoms with Crippen LogP contribution in [-0.4, -0.2) is 19.1 Å². The lowest BCUT2D eigenvalue weighted by Gasteiger charge is -2.19. The topological polar surface area (TPSA) is 38.3 Å². The van der Waals surface area contributed by atoms with Crippen molar-refractivity contribution in [2.45, 2.75) is 26.4 Å². The Morgan fingerprint density at radius 3 is 2.57 bits per heavy atom. The zero-order valence-electron chi connectivity index (χ0n) is 12.6. The normalized spacial score (nSPS) is 12.4. The van der Waals surface area contributed by atoms with E-state index in [4.69, 9.17) is 4.74 Å². The van der Waals surface area contributed by atoms with Gasteiger partial charge in [-0.05, 0) is 28.5 Å². The Hall–Kier alpha value is -1.65. The van der Waals surface area contributed by atoms with Crippen molar-refractivity contribution in [3.8, 4) is 11.1 Å². The van der Waals surface area contributed by atoms with Gasteiger partial charge in [0, 0.05) is 11.4 Å². The van der Waals surface area contributed by atoms with Gasteiger partial charge in [-0.15, -0.1) is 11.3 Å². The van der Waals surface area contributed by atoms with Crippen molar-refractivity contribution >= 4 is 17.3 Å². The van der Waals surface area contributed by atoms with Crippen molar-refractivity contribution in [2.75, 3.05) is 7.11 Å². The number of hydrogen-bond donors (Lipinski definition) is 1. The lowest BCUT2D eigenvalue weighted by atomic mass is 10.0. The molecule has 4 heteroatoms. The fourth-order valence-electron chi connectivity index (χ4n) is 2.18. The summed E-state index contributed by atoms with van der Waals surface area (Å²) in [6.07, 6.45) is 0. The van der Waals surface area contributed by atoms with Crippen molar-refractivity contribution < 1.29 is 9.53 Å². The Morgan fingerprint density at radius 1 is 1.24 bits per heavy atom. The van der Waals surface area contributed by atoms with Gasteiger partial charge in [0.2, 0.25) is 0 Å². The van der Waals surface area contributed by atoms with Crippen molar-refractivity contribution in [1.82, 2.24) is 5.32 Å². The van der Waals surface area contributed by atoms with Gasteiger partial charge in [-0.2, -0.15) is 0 Å². The number of esters is 1. The maximum absolute atomic E-state index is 11.7. The number of methoxy groups -OCH3 is 1. The van der Waals surface area contributed by atoms with Gasteiger partial charge < -0.3 is 4.74 Å². The zero-order chi connectivity index (χ0) is 15.2. The Balaban J connectivity index is 2.01. The van der Waals surface area contributed by atoms with Crippen molar-refractivity contribution in [1.29, 1.82) is 0 Å². The first-order valence-electron chi connectivity index (χ1n) is 7.06. The van der Waals surface area contributed by atoms with E-state index in [-0.39, 0.29) is 17.9 Å². The van der Waals surface area contributed by atoms with E-state index in [1.807, 2.05) is 32.0 Å². The smallest absolute Gasteiger partial charge is 0.323 e. The highest BCUT2D eigenvalue weighted by Gasteiger charge is 2.22. The minimum absolute atomic E-state index is 0.200. The lowest BCUT2D eigenvalue weighted by Crippen LogP contribution is -2.41. The van der Waals surface area contributed by atoms with Crippen LogP contribution in [0.1, 0.15) is 18.7 Å². The van der Waals surface area contributed by atoms with Gasteiger partial charge in [0.25, 0.3) is 0 Å². The average molecular weight is 303 g/mol. The van der Waals surface area contributed by atoms with Crippen molar-refractivity contribution in [3.63, 3.8) is 0 Å². The van der Waals surface area contributed by atoms with Crippen LogP contribution in [0.4, 0.5) is 0 Å². The molecule has 1 N–H and O–H groups in total. The molecular weight excluding hydrogens is 282 g/mol. The first kappa shape index (κ1) is 15.7. The maximum Gasteiger partial charge on any atom is 0.323 e. The largest absolute Gasteiger partial charge is 0.468 e. The second kappa shape index (κ2) is 7.38. The Bertz CT molecular complexity index is 577. The van der Waals surface area contributed by atoms with Gasteiger partial charge in [-0.25, -0.2) is 0 Å². The third-order valence-corrected chi connectivity index (χ3v) is 4.32. The molecule has 2 aromatic rings. The van der Waals surface area contributed by atoms with E-state index in [2.05, 4.69) is 28.9 Å². The molecule has 0 unspecified atom stereocenters. The van der Waals surface area contributed by atoms with E-state index >= 15 is 0 Å². The molecule has 2 rings (SSSR count). The van der Waals surface area contributed by atoms with E-state index in [9.17, 15) is 4.79 Å². The predicted octanol–water partition coefficient (Wildman–Crippen LogP) is 3.70. The first-order valence-corrected chi connectivity index (χ1v) is 7.94. The third kappa shape index (κ3) is 4.16. The fraction of sp³-hybridized carbons (Fsp3) is 0.353. The van der Waals surface area contributed by atoms with E-state index in [1.165, 1.54) is 23.1 Å². The molecule has 0 saturated heterocycles. The highest BCUT2D eigenvalue weighted by molar-refractivity contribution is 7.10. The molecule has 0 amide bonds. The van der Waals surface area contributed by atoms with Crippen molar-refractivity contribution in [2.24, 2.45) is 5.92 Å². The number of nitrogens with one attached hydrogen (secondary N) is 1. The summed E-state index contributed by atoms with van der Waals surface area (Å²) in [5.41, 5.74) is 2.44. The summed E-state index contributed by atoms with van der Waals surface area (Å²) < 4.78 is 4.84. The molecule has 1 aromatic carbocycles. The number of rotatable bonds is 6. The second-order valence-electron chi connectivity index (χ2n) is 5.29. The molecule has 112 valence electrons. The summed E-state index contributed by atoms with van der Waals surface area (Å²) in [6.45, 7) is 4.70. The summed E-state index contributed by atoms with van der Waals surface area (Å²) in [4.78, 5) is 12.9. The van der Waals surface area contributed by atoms with Crippen LogP contribution in [0.15, 0.2) is 41.8 Å². The molecule has 21 heavy (non-hydrogen) atoms. The Morgan fingerprint density at radius 2 is 1.95 bits per heavy atom. The van der Waals surface area contributed by atoms with Crippen LogP contribution in [0.5, 0.6) is 0 Å². The monoisotopic (exact) mass is 303 g/mol. The average Bonchev–Trinajstić information content (AvgIpc) is 2.96. The second-order valence-corrected chi connectivity index (χ2v) is 6.29. The molecule has 0 aliphatic carbocycles. The molecule has 1 heterocycles. The number of carbonyl (C=O) groups is 1. The number of ether oxygens (including phenoxy) is 1. The van der Waals surface area contributed by atoms with Gasteiger partial charge in [0.1, 0.15) is 6.04 Å². The molecule has 0 spiro atoms. The van der Waals surface area contributed by atoms with E-state index in [1.54, 1.807) is 11.3 Å². The molecular formula is C17H21NO2S. The van der Waals surface area contributed by atoms with Crippen LogP contribution in [0, 0.1) is 5.92 Å². The van der Waals surface area contributed by atoms with Gasteiger partial charge in [-0.1, -0.05) is 44.2 Å². The quantitative estimate of drug-likeness (QED) is 0.827. The van der Waals surface area contributed by atoms with Crippen LogP contribution in [0.25, 0.3) is 11.1 Å². The molecule has 3 nitrogen and oxygen atoms in total. The van der Waals surface area contributed by atoms with Gasteiger partial charge >= 0.3 is 5.97 Å². The summed E-state index contributed by atoms with van der Waals surface area (Å²) in [5.74, 6) is -0.00385. The molecule has 0 fully saturated rings. The van der Waals surface area contributed by atoms with Crippen LogP contribution < -0.4 is 5.32 Å². The molecule has 0 aliphatic rings.